The first-order valence-corrected chi connectivity index (χ1v) is 14.8. The van der Waals surface area contributed by atoms with Gasteiger partial charge in [0.2, 0.25) is 0 Å². The Labute approximate surface area is 228 Å². The number of aliphatic imine (C=N–C) groups is 1. The van der Waals surface area contributed by atoms with Crippen LogP contribution >= 0.6 is 11.8 Å². The number of thioether (sulfide) groups is 1. The summed E-state index contributed by atoms with van der Waals surface area (Å²) in [6.07, 6.45) is -5.35. The fourth-order valence-corrected chi connectivity index (χ4v) is 8.29. The Morgan fingerprint density at radius 2 is 1.79 bits per heavy atom. The van der Waals surface area contributed by atoms with Crippen molar-refractivity contribution in [2.45, 2.75) is 56.3 Å². The van der Waals surface area contributed by atoms with Crippen LogP contribution in [-0.2, 0) is 32.0 Å². The Balaban J connectivity index is 1.69. The molecule has 2 aliphatic rings. The number of anilines is 1. The van der Waals surface area contributed by atoms with E-state index in [1.165, 1.54) is 17.0 Å². The van der Waals surface area contributed by atoms with Gasteiger partial charge in [0.15, 0.2) is 15.0 Å². The zero-order valence-corrected chi connectivity index (χ0v) is 23.1. The molecule has 210 valence electrons. The van der Waals surface area contributed by atoms with Crippen molar-refractivity contribution in [3.63, 3.8) is 0 Å². The summed E-state index contributed by atoms with van der Waals surface area (Å²) in [4.78, 5) is 31.6. The number of rotatable bonds is 5. The third kappa shape index (κ3) is 7.33. The molecule has 2 aromatic carbocycles. The number of sulfone groups is 1. The molecule has 2 amide bonds. The van der Waals surface area contributed by atoms with E-state index < -0.39 is 56.5 Å². The molecule has 0 saturated carbocycles. The number of nitrogens with one attached hydrogen (secondary N) is 1. The number of ether oxygens (including phenoxy) is 1. The van der Waals surface area contributed by atoms with E-state index in [-0.39, 0.29) is 28.8 Å². The zero-order chi connectivity index (χ0) is 28.6. The Bertz CT molecular complexity index is 1380. The van der Waals surface area contributed by atoms with E-state index in [9.17, 15) is 31.2 Å². The van der Waals surface area contributed by atoms with Gasteiger partial charge in [0.25, 0.3) is 5.91 Å². The van der Waals surface area contributed by atoms with Gasteiger partial charge in [-0.15, -0.1) is 0 Å². The summed E-state index contributed by atoms with van der Waals surface area (Å²) in [5.41, 5.74) is -0.911. The molecule has 0 spiro atoms. The number of alkyl carbamates (subject to hydrolysis) is 1. The fourth-order valence-electron chi connectivity index (χ4n) is 4.37. The molecule has 0 aliphatic carbocycles. The van der Waals surface area contributed by atoms with Gasteiger partial charge in [-0.2, -0.15) is 18.2 Å². The van der Waals surface area contributed by atoms with Gasteiger partial charge >= 0.3 is 12.3 Å². The van der Waals surface area contributed by atoms with Crippen LogP contribution in [-0.4, -0.2) is 60.0 Å². The largest absolute Gasteiger partial charge is 0.444 e. The predicted octanol–water partition coefficient (Wildman–Crippen LogP) is 4.44. The third-order valence-electron chi connectivity index (χ3n) is 6.00. The van der Waals surface area contributed by atoms with Crippen molar-refractivity contribution < 1.29 is 35.9 Å². The maximum absolute atomic E-state index is 13.5. The number of halogens is 3. The van der Waals surface area contributed by atoms with Crippen LogP contribution in [0, 0.1) is 0 Å². The maximum atomic E-state index is 13.5. The minimum Gasteiger partial charge on any atom is -0.444 e. The molecule has 4 rings (SSSR count). The Kier molecular flexibility index (Phi) is 8.04. The summed E-state index contributed by atoms with van der Waals surface area (Å²) in [6.45, 7) is 5.03. The van der Waals surface area contributed by atoms with E-state index in [4.69, 9.17) is 4.74 Å². The van der Waals surface area contributed by atoms with Gasteiger partial charge in [0.1, 0.15) is 11.6 Å². The monoisotopic (exact) mass is 583 g/mol. The lowest BCUT2D eigenvalue weighted by atomic mass is 10.1. The zero-order valence-electron chi connectivity index (χ0n) is 21.4. The number of hydrogen-bond donors (Lipinski definition) is 1. The second kappa shape index (κ2) is 10.8. The summed E-state index contributed by atoms with van der Waals surface area (Å²) in [7, 11) is -3.43. The van der Waals surface area contributed by atoms with Crippen LogP contribution < -0.4 is 10.2 Å². The molecule has 13 heteroatoms. The SMILES string of the molecule is CC(C)(C)OC(=O)N[C@H](Cc1ccccc1)C(=O)N=C1S[C@H]2CS(=O)(=O)C[C@@H]2N1c1cccc(C(F)(F)F)c1. The van der Waals surface area contributed by atoms with Crippen LogP contribution in [0.4, 0.5) is 23.7 Å². The van der Waals surface area contributed by atoms with Crippen molar-refractivity contribution in [1.82, 2.24) is 5.32 Å². The van der Waals surface area contributed by atoms with Crippen LogP contribution in [0.3, 0.4) is 0 Å². The van der Waals surface area contributed by atoms with Gasteiger partial charge in [-0.1, -0.05) is 48.2 Å². The summed E-state index contributed by atoms with van der Waals surface area (Å²) in [5, 5.41) is 2.12. The van der Waals surface area contributed by atoms with Crippen LogP contribution in [0.1, 0.15) is 31.9 Å². The lowest BCUT2D eigenvalue weighted by molar-refractivity contribution is -0.137. The smallest absolute Gasteiger partial charge is 0.416 e. The Morgan fingerprint density at radius 1 is 1.10 bits per heavy atom. The van der Waals surface area contributed by atoms with E-state index in [1.54, 1.807) is 51.1 Å². The highest BCUT2D eigenvalue weighted by atomic mass is 32.2. The molecule has 3 atom stereocenters. The number of nitrogens with zero attached hydrogens (tertiary/aromatic N) is 2. The molecule has 2 aliphatic heterocycles. The van der Waals surface area contributed by atoms with Gasteiger partial charge in [-0.05, 0) is 44.5 Å². The van der Waals surface area contributed by atoms with Crippen LogP contribution in [0.5, 0.6) is 0 Å². The van der Waals surface area contributed by atoms with Crippen LogP contribution in [0.2, 0.25) is 0 Å². The summed E-state index contributed by atoms with van der Waals surface area (Å²) >= 11 is 1.03. The average molecular weight is 584 g/mol. The number of fused-ring (bicyclic) bond motifs is 1. The quantitative estimate of drug-likeness (QED) is 0.555. The molecule has 39 heavy (non-hydrogen) atoms. The molecule has 2 saturated heterocycles. The predicted molar refractivity (Wildman–Crippen MR) is 143 cm³/mol. The lowest BCUT2D eigenvalue weighted by Crippen LogP contribution is -2.45. The highest BCUT2D eigenvalue weighted by Crippen LogP contribution is 2.42. The minimum atomic E-state index is -4.62. The standard InChI is InChI=1S/C26H28F3N3O5S2/c1-25(2,3)37-24(34)30-19(12-16-8-5-4-6-9-16)22(33)31-23-32(20-14-39(35,36)15-21(20)38-23)18-11-7-10-17(13-18)26(27,28)29/h4-11,13,19-21H,12,14-15H2,1-3H3,(H,30,34)/t19-,20+,21+/m1/s1. The van der Waals surface area contributed by atoms with E-state index in [2.05, 4.69) is 10.3 Å². The van der Waals surface area contributed by atoms with E-state index in [1.807, 2.05) is 0 Å². The molecule has 2 fully saturated rings. The number of hydrogen-bond acceptors (Lipinski definition) is 6. The molecule has 8 nitrogen and oxygen atoms in total. The number of carbonyl (C=O) groups is 2. The molecule has 2 aromatic rings. The molecule has 0 unspecified atom stereocenters. The first kappa shape index (κ1) is 28.9. The summed E-state index contributed by atoms with van der Waals surface area (Å²) in [5.74, 6) is -1.21. The van der Waals surface area contributed by atoms with E-state index in [0.717, 1.165) is 29.5 Å². The van der Waals surface area contributed by atoms with Crippen molar-refractivity contribution in [2.24, 2.45) is 4.99 Å². The van der Waals surface area contributed by atoms with Crippen LogP contribution in [0.25, 0.3) is 0 Å². The van der Waals surface area contributed by atoms with Crippen molar-refractivity contribution in [3.8, 4) is 0 Å². The highest BCUT2D eigenvalue weighted by Gasteiger charge is 2.50. The van der Waals surface area contributed by atoms with Crippen LogP contribution in [0.15, 0.2) is 59.6 Å². The molecule has 0 bridgehead atoms. The number of amides is 2. The molecular weight excluding hydrogens is 555 g/mol. The van der Waals surface area contributed by atoms with Crippen molar-refractivity contribution >= 4 is 44.5 Å². The molecule has 0 aromatic heterocycles. The summed E-state index contributed by atoms with van der Waals surface area (Å²) in [6, 6.07) is 11.6. The van der Waals surface area contributed by atoms with Gasteiger partial charge in [-0.25, -0.2) is 13.2 Å². The maximum Gasteiger partial charge on any atom is 0.416 e. The van der Waals surface area contributed by atoms with Crippen molar-refractivity contribution in [2.75, 3.05) is 16.4 Å². The molecule has 1 N–H and O–H groups in total. The van der Waals surface area contributed by atoms with Crippen molar-refractivity contribution in [3.05, 3.63) is 65.7 Å². The van der Waals surface area contributed by atoms with Gasteiger partial charge in [-0.3, -0.25) is 4.79 Å². The summed E-state index contributed by atoms with van der Waals surface area (Å²) < 4.78 is 70.3. The normalized spacial score (nSPS) is 22.4. The van der Waals surface area contributed by atoms with Crippen molar-refractivity contribution in [1.29, 1.82) is 0 Å². The molecular formula is C26H28F3N3O5S2. The Hall–Kier alpha value is -3.06. The topological polar surface area (TPSA) is 105 Å². The van der Waals surface area contributed by atoms with E-state index in [0.29, 0.717) is 0 Å². The second-order valence-electron chi connectivity index (χ2n) is 10.3. The van der Waals surface area contributed by atoms with Gasteiger partial charge in [0.05, 0.1) is 23.1 Å². The second-order valence-corrected chi connectivity index (χ2v) is 13.7. The molecule has 2 heterocycles. The first-order chi connectivity index (χ1) is 18.1. The number of alkyl halides is 3. The minimum absolute atomic E-state index is 0.0770. The van der Waals surface area contributed by atoms with Gasteiger partial charge < -0.3 is 15.0 Å². The third-order valence-corrected chi connectivity index (χ3v) is 9.21. The number of benzene rings is 2. The average Bonchev–Trinajstić information content (AvgIpc) is 3.28. The lowest BCUT2D eigenvalue weighted by Gasteiger charge is -2.26. The Morgan fingerprint density at radius 3 is 2.44 bits per heavy atom. The first-order valence-electron chi connectivity index (χ1n) is 12.1. The fraction of sp³-hybridized carbons (Fsp3) is 0.423. The molecule has 0 radical (unpaired) electrons. The number of carbonyl (C=O) groups excluding carboxylic acids is 2. The number of amidine groups is 1. The van der Waals surface area contributed by atoms with Gasteiger partial charge in [0, 0.05) is 17.4 Å². The highest BCUT2D eigenvalue weighted by molar-refractivity contribution is 8.16. The van der Waals surface area contributed by atoms with E-state index >= 15 is 0 Å².